The van der Waals surface area contributed by atoms with Gasteiger partial charge in [-0.15, -0.1) is 0 Å². The Morgan fingerprint density at radius 3 is 2.30 bits per heavy atom. The Hall–Kier alpha value is -2.68. The normalized spacial score (nSPS) is 10.9. The third-order valence-corrected chi connectivity index (χ3v) is 5.17. The lowest BCUT2D eigenvalue weighted by Gasteiger charge is -2.09. The van der Waals surface area contributed by atoms with Gasteiger partial charge in [-0.2, -0.15) is 4.57 Å². The molecule has 3 rings (SSSR count). The molecule has 0 atom stereocenters. The number of nitrogens with zero attached hydrogens (tertiary/aromatic N) is 2. The van der Waals surface area contributed by atoms with Crippen LogP contribution in [0.5, 0.6) is 0 Å². The van der Waals surface area contributed by atoms with E-state index in [1.54, 1.807) is 0 Å². The summed E-state index contributed by atoms with van der Waals surface area (Å²) in [6.45, 7) is 7.60. The SMILES string of the molecule is CCCc1cc[n+](CC(=O)c2cc(C)n(CCc3ccccc3)c2C)cc1. The second kappa shape index (κ2) is 8.81. The van der Waals surface area contributed by atoms with Crippen molar-refractivity contribution < 1.29 is 9.36 Å². The van der Waals surface area contributed by atoms with Crippen LogP contribution in [0.1, 0.15) is 46.2 Å². The van der Waals surface area contributed by atoms with Gasteiger partial charge in [0.25, 0.3) is 0 Å². The molecule has 0 N–H and O–H groups in total. The number of ketones is 1. The highest BCUT2D eigenvalue weighted by atomic mass is 16.1. The average Bonchev–Trinajstić information content (AvgIpc) is 2.97. The fourth-order valence-electron chi connectivity index (χ4n) is 3.61. The van der Waals surface area contributed by atoms with Gasteiger partial charge in [-0.1, -0.05) is 43.7 Å². The summed E-state index contributed by atoms with van der Waals surface area (Å²) in [5.74, 6) is 0.169. The van der Waals surface area contributed by atoms with Crippen LogP contribution < -0.4 is 4.57 Å². The quantitative estimate of drug-likeness (QED) is 0.429. The van der Waals surface area contributed by atoms with Gasteiger partial charge in [0.15, 0.2) is 12.4 Å². The molecule has 2 heterocycles. The Kier molecular flexibility index (Phi) is 6.23. The van der Waals surface area contributed by atoms with Crippen molar-refractivity contribution in [2.75, 3.05) is 0 Å². The molecule has 3 aromatic rings. The predicted molar refractivity (Wildman–Crippen MR) is 109 cm³/mol. The summed E-state index contributed by atoms with van der Waals surface area (Å²) in [7, 11) is 0. The first-order valence-corrected chi connectivity index (χ1v) is 9.80. The first kappa shape index (κ1) is 19.1. The van der Waals surface area contributed by atoms with E-state index >= 15 is 0 Å². The van der Waals surface area contributed by atoms with Gasteiger partial charge in [0.05, 0.1) is 0 Å². The lowest BCUT2D eigenvalue weighted by molar-refractivity contribution is -0.683. The summed E-state index contributed by atoms with van der Waals surface area (Å²) in [4.78, 5) is 12.9. The van der Waals surface area contributed by atoms with Crippen LogP contribution in [0.25, 0.3) is 0 Å². The van der Waals surface area contributed by atoms with E-state index in [2.05, 4.69) is 61.7 Å². The maximum Gasteiger partial charge on any atom is 0.229 e. The Labute approximate surface area is 162 Å². The summed E-state index contributed by atoms with van der Waals surface area (Å²) in [6, 6.07) is 16.7. The van der Waals surface area contributed by atoms with E-state index in [-0.39, 0.29) is 5.78 Å². The van der Waals surface area contributed by atoms with E-state index < -0.39 is 0 Å². The molecule has 2 aromatic heterocycles. The van der Waals surface area contributed by atoms with Gasteiger partial charge in [-0.05, 0) is 43.9 Å². The Bertz CT molecular complexity index is 892. The maximum atomic E-state index is 12.9. The van der Waals surface area contributed by atoms with Crippen molar-refractivity contribution in [3.05, 3.63) is 89.0 Å². The van der Waals surface area contributed by atoms with Crippen LogP contribution in [-0.2, 0) is 25.9 Å². The third kappa shape index (κ3) is 4.73. The number of pyridine rings is 1. The monoisotopic (exact) mass is 361 g/mol. The van der Waals surface area contributed by atoms with E-state index in [9.17, 15) is 4.79 Å². The number of hydrogen-bond acceptors (Lipinski definition) is 1. The van der Waals surface area contributed by atoms with Crippen LogP contribution in [0.15, 0.2) is 60.9 Å². The molecule has 0 fully saturated rings. The standard InChI is InChI=1S/C24H29N2O/c1-4-8-21-11-14-25(15-12-21)18-24(27)23-17-19(2)26(20(23)3)16-13-22-9-6-5-7-10-22/h5-7,9-12,14-15,17H,4,8,13,16,18H2,1-3H3/q+1. The molecular weight excluding hydrogens is 332 g/mol. The Balaban J connectivity index is 1.70. The van der Waals surface area contributed by atoms with Gasteiger partial charge in [0, 0.05) is 35.6 Å². The van der Waals surface area contributed by atoms with Crippen molar-refractivity contribution in [3.63, 3.8) is 0 Å². The first-order chi connectivity index (χ1) is 13.1. The second-order valence-corrected chi connectivity index (χ2v) is 7.22. The van der Waals surface area contributed by atoms with E-state index in [0.717, 1.165) is 42.8 Å². The minimum Gasteiger partial charge on any atom is -0.348 e. The fraction of sp³-hybridized carbons (Fsp3) is 0.333. The smallest absolute Gasteiger partial charge is 0.229 e. The predicted octanol–water partition coefficient (Wildman–Crippen LogP) is 4.47. The van der Waals surface area contributed by atoms with Crippen LogP contribution in [0.3, 0.4) is 0 Å². The topological polar surface area (TPSA) is 25.9 Å². The van der Waals surface area contributed by atoms with E-state index in [0.29, 0.717) is 6.54 Å². The lowest BCUT2D eigenvalue weighted by Crippen LogP contribution is -2.37. The third-order valence-electron chi connectivity index (χ3n) is 5.17. The second-order valence-electron chi connectivity index (χ2n) is 7.22. The molecule has 27 heavy (non-hydrogen) atoms. The fourth-order valence-corrected chi connectivity index (χ4v) is 3.61. The van der Waals surface area contributed by atoms with Crippen molar-refractivity contribution in [2.45, 2.75) is 53.1 Å². The summed E-state index contributed by atoms with van der Waals surface area (Å²) < 4.78 is 4.23. The zero-order valence-corrected chi connectivity index (χ0v) is 16.6. The molecule has 3 nitrogen and oxygen atoms in total. The molecule has 0 bridgehead atoms. The van der Waals surface area contributed by atoms with E-state index in [1.807, 2.05) is 29.1 Å². The zero-order chi connectivity index (χ0) is 19.2. The Morgan fingerprint density at radius 2 is 1.63 bits per heavy atom. The van der Waals surface area contributed by atoms with Gasteiger partial charge in [0.1, 0.15) is 0 Å². The molecule has 0 unspecified atom stereocenters. The van der Waals surface area contributed by atoms with Gasteiger partial charge >= 0.3 is 0 Å². The number of carbonyl (C=O) groups is 1. The number of rotatable bonds is 8. The molecule has 0 saturated heterocycles. The first-order valence-electron chi connectivity index (χ1n) is 9.80. The molecule has 140 valence electrons. The summed E-state index contributed by atoms with van der Waals surface area (Å²) in [5.41, 5.74) is 5.69. The van der Waals surface area contributed by atoms with Crippen LogP contribution in [0.2, 0.25) is 0 Å². The number of benzene rings is 1. The van der Waals surface area contributed by atoms with Crippen LogP contribution in [0, 0.1) is 13.8 Å². The van der Waals surface area contributed by atoms with Crippen molar-refractivity contribution in [1.29, 1.82) is 0 Å². The number of aromatic nitrogens is 2. The summed E-state index contributed by atoms with van der Waals surface area (Å²) in [6.07, 6.45) is 7.21. The van der Waals surface area contributed by atoms with Crippen LogP contribution in [-0.4, -0.2) is 10.4 Å². The number of aryl methyl sites for hydroxylation is 3. The van der Waals surface area contributed by atoms with Crippen molar-refractivity contribution in [2.24, 2.45) is 0 Å². The largest absolute Gasteiger partial charge is 0.348 e. The maximum absolute atomic E-state index is 12.9. The van der Waals surface area contributed by atoms with E-state index in [4.69, 9.17) is 0 Å². The molecule has 0 aliphatic heterocycles. The zero-order valence-electron chi connectivity index (χ0n) is 16.6. The van der Waals surface area contributed by atoms with Crippen molar-refractivity contribution in [1.82, 2.24) is 4.57 Å². The van der Waals surface area contributed by atoms with Crippen molar-refractivity contribution in [3.8, 4) is 0 Å². The summed E-state index contributed by atoms with van der Waals surface area (Å²) >= 11 is 0. The van der Waals surface area contributed by atoms with E-state index in [1.165, 1.54) is 11.1 Å². The van der Waals surface area contributed by atoms with Crippen LogP contribution >= 0.6 is 0 Å². The van der Waals surface area contributed by atoms with Gasteiger partial charge in [-0.3, -0.25) is 4.79 Å². The summed E-state index contributed by atoms with van der Waals surface area (Å²) in [5, 5.41) is 0. The minimum absolute atomic E-state index is 0.169. The molecule has 0 radical (unpaired) electrons. The number of hydrogen-bond donors (Lipinski definition) is 0. The highest BCUT2D eigenvalue weighted by Gasteiger charge is 2.19. The highest BCUT2D eigenvalue weighted by Crippen LogP contribution is 2.17. The molecule has 0 aliphatic rings. The van der Waals surface area contributed by atoms with Gasteiger partial charge < -0.3 is 4.57 Å². The molecule has 0 amide bonds. The molecule has 0 spiro atoms. The average molecular weight is 362 g/mol. The minimum atomic E-state index is 0.169. The van der Waals surface area contributed by atoms with Crippen molar-refractivity contribution >= 4 is 5.78 Å². The molecule has 3 heteroatoms. The molecule has 1 aromatic carbocycles. The van der Waals surface area contributed by atoms with Gasteiger partial charge in [-0.25, -0.2) is 0 Å². The lowest BCUT2D eigenvalue weighted by atomic mass is 10.1. The van der Waals surface area contributed by atoms with Gasteiger partial charge in [0.2, 0.25) is 12.3 Å². The molecule has 0 saturated carbocycles. The molecular formula is C24H29N2O+. The highest BCUT2D eigenvalue weighted by molar-refractivity contribution is 5.96. The van der Waals surface area contributed by atoms with Crippen LogP contribution in [0.4, 0.5) is 0 Å². The number of Topliss-reactive ketones (excluding diaryl/α,β-unsaturated/α-hetero) is 1. The number of carbonyl (C=O) groups excluding carboxylic acids is 1. The Morgan fingerprint density at radius 1 is 0.963 bits per heavy atom. The molecule has 0 aliphatic carbocycles.